The van der Waals surface area contributed by atoms with Crippen molar-refractivity contribution in [2.24, 2.45) is 7.05 Å². The van der Waals surface area contributed by atoms with Crippen molar-refractivity contribution in [3.8, 4) is 17.9 Å². The fourth-order valence-corrected chi connectivity index (χ4v) is 2.86. The lowest BCUT2D eigenvalue weighted by molar-refractivity contribution is -0.131. The maximum atomic E-state index is 13.5. The Kier molecular flexibility index (Phi) is 5.55. The number of nitrogens with one attached hydrogen (secondary N) is 1. The van der Waals surface area contributed by atoms with Crippen LogP contribution in [0.3, 0.4) is 0 Å². The zero-order chi connectivity index (χ0) is 21.0. The number of likely N-dealkylation sites (tertiary alicyclic amines) is 1. The van der Waals surface area contributed by atoms with Gasteiger partial charge in [0.2, 0.25) is 5.91 Å². The third-order valence-electron chi connectivity index (χ3n) is 4.25. The summed E-state index contributed by atoms with van der Waals surface area (Å²) >= 11 is 0. The standard InChI is InChI=1S/C19H16F2N6O2/c1-26-11-13(8-25-26)2-3-14-9-23-5-4-16(14)18(29)24-10-17(28)27-12-19(20,21)6-15(27)7-22/h4-5,8-9,11,15H,6,10,12H2,1H3,(H,24,29)/t15-/m0/s1. The predicted octanol–water partition coefficient (Wildman–Crippen LogP) is 0.704. The van der Waals surface area contributed by atoms with Crippen LogP contribution in [-0.4, -0.2) is 56.5 Å². The molecule has 3 heterocycles. The van der Waals surface area contributed by atoms with Crippen LogP contribution in [0.15, 0.2) is 30.9 Å². The summed E-state index contributed by atoms with van der Waals surface area (Å²) in [6.07, 6.45) is 5.38. The number of carbonyl (C=O) groups excluding carboxylic acids is 2. The van der Waals surface area contributed by atoms with Crippen molar-refractivity contribution in [3.05, 3.63) is 47.5 Å². The van der Waals surface area contributed by atoms with Crippen molar-refractivity contribution in [2.75, 3.05) is 13.1 Å². The number of aryl methyl sites for hydroxylation is 1. The summed E-state index contributed by atoms with van der Waals surface area (Å²) in [4.78, 5) is 29.4. The molecule has 1 aliphatic rings. The number of alkyl halides is 2. The number of pyridine rings is 1. The van der Waals surface area contributed by atoms with Gasteiger partial charge in [-0.15, -0.1) is 0 Å². The number of halogens is 2. The summed E-state index contributed by atoms with van der Waals surface area (Å²) in [5.74, 6) is 1.23. The third-order valence-corrected chi connectivity index (χ3v) is 4.25. The number of amides is 2. The van der Waals surface area contributed by atoms with Crippen LogP contribution in [0.25, 0.3) is 0 Å². The van der Waals surface area contributed by atoms with E-state index < -0.39 is 43.3 Å². The molecule has 8 nitrogen and oxygen atoms in total. The van der Waals surface area contributed by atoms with Crippen molar-refractivity contribution >= 4 is 11.8 Å². The molecule has 1 N–H and O–H groups in total. The number of nitriles is 1. The van der Waals surface area contributed by atoms with Gasteiger partial charge >= 0.3 is 0 Å². The molecule has 0 aliphatic carbocycles. The minimum Gasteiger partial charge on any atom is -0.343 e. The Hall–Kier alpha value is -3.79. The Labute approximate surface area is 165 Å². The highest BCUT2D eigenvalue weighted by atomic mass is 19.3. The van der Waals surface area contributed by atoms with Gasteiger partial charge in [-0.3, -0.25) is 19.3 Å². The lowest BCUT2D eigenvalue weighted by Gasteiger charge is -2.19. The van der Waals surface area contributed by atoms with Crippen LogP contribution in [0.1, 0.15) is 27.9 Å². The first-order valence-electron chi connectivity index (χ1n) is 8.59. The predicted molar refractivity (Wildman–Crippen MR) is 96.4 cm³/mol. The zero-order valence-corrected chi connectivity index (χ0v) is 15.4. The second-order valence-electron chi connectivity index (χ2n) is 6.48. The molecule has 0 spiro atoms. The third kappa shape index (κ3) is 4.74. The molecule has 1 saturated heterocycles. The summed E-state index contributed by atoms with van der Waals surface area (Å²) in [7, 11) is 1.75. The molecule has 0 radical (unpaired) electrons. The summed E-state index contributed by atoms with van der Waals surface area (Å²) in [6, 6.07) is 1.92. The largest absolute Gasteiger partial charge is 0.343 e. The van der Waals surface area contributed by atoms with E-state index in [1.807, 2.05) is 0 Å². The van der Waals surface area contributed by atoms with Gasteiger partial charge < -0.3 is 10.2 Å². The number of aromatic nitrogens is 3. The highest BCUT2D eigenvalue weighted by molar-refractivity contribution is 5.98. The molecule has 0 saturated carbocycles. The van der Waals surface area contributed by atoms with E-state index in [0.717, 1.165) is 4.90 Å². The quantitative estimate of drug-likeness (QED) is 0.767. The Bertz CT molecular complexity index is 1050. The molecule has 2 aromatic rings. The average molecular weight is 398 g/mol. The summed E-state index contributed by atoms with van der Waals surface area (Å²) < 4.78 is 28.5. The molecule has 0 bridgehead atoms. The van der Waals surface area contributed by atoms with Gasteiger partial charge in [-0.05, 0) is 6.07 Å². The Morgan fingerprint density at radius 1 is 1.38 bits per heavy atom. The SMILES string of the molecule is Cn1cc(C#Cc2cnccc2C(=O)NCC(=O)N2CC(F)(F)C[C@H]2C#N)cn1. The van der Waals surface area contributed by atoms with E-state index in [2.05, 4.69) is 27.2 Å². The van der Waals surface area contributed by atoms with Gasteiger partial charge in [-0.1, -0.05) is 11.8 Å². The van der Waals surface area contributed by atoms with E-state index in [-0.39, 0.29) is 5.56 Å². The molecule has 1 aliphatic heterocycles. The van der Waals surface area contributed by atoms with Crippen LogP contribution in [0.4, 0.5) is 8.78 Å². The second-order valence-corrected chi connectivity index (χ2v) is 6.48. The van der Waals surface area contributed by atoms with Crippen molar-refractivity contribution < 1.29 is 18.4 Å². The molecule has 3 rings (SSSR count). The van der Waals surface area contributed by atoms with Crippen LogP contribution < -0.4 is 5.32 Å². The Balaban J connectivity index is 1.68. The lowest BCUT2D eigenvalue weighted by atomic mass is 10.1. The van der Waals surface area contributed by atoms with Crippen LogP contribution in [0, 0.1) is 23.2 Å². The number of rotatable bonds is 3. The van der Waals surface area contributed by atoms with Crippen molar-refractivity contribution in [1.82, 2.24) is 25.0 Å². The van der Waals surface area contributed by atoms with Crippen LogP contribution >= 0.6 is 0 Å². The molecule has 29 heavy (non-hydrogen) atoms. The van der Waals surface area contributed by atoms with Crippen LogP contribution in [0.5, 0.6) is 0 Å². The molecule has 2 aromatic heterocycles. The normalized spacial score (nSPS) is 17.2. The number of carbonyl (C=O) groups is 2. The molecule has 0 aromatic carbocycles. The van der Waals surface area contributed by atoms with E-state index in [1.54, 1.807) is 30.2 Å². The van der Waals surface area contributed by atoms with Gasteiger partial charge in [0, 0.05) is 32.1 Å². The maximum absolute atomic E-state index is 13.5. The molecule has 2 amide bonds. The van der Waals surface area contributed by atoms with Crippen molar-refractivity contribution in [3.63, 3.8) is 0 Å². The topological polar surface area (TPSA) is 104 Å². The van der Waals surface area contributed by atoms with Gasteiger partial charge in [-0.2, -0.15) is 10.4 Å². The maximum Gasteiger partial charge on any atom is 0.268 e. The number of nitrogens with zero attached hydrogens (tertiary/aromatic N) is 5. The van der Waals surface area contributed by atoms with E-state index >= 15 is 0 Å². The van der Waals surface area contributed by atoms with Gasteiger partial charge in [0.25, 0.3) is 11.8 Å². The minimum atomic E-state index is -3.11. The van der Waals surface area contributed by atoms with E-state index in [4.69, 9.17) is 5.26 Å². The van der Waals surface area contributed by atoms with Crippen molar-refractivity contribution in [1.29, 1.82) is 5.26 Å². The zero-order valence-electron chi connectivity index (χ0n) is 15.4. The minimum absolute atomic E-state index is 0.188. The van der Waals surface area contributed by atoms with Crippen LogP contribution in [0.2, 0.25) is 0 Å². The summed E-state index contributed by atoms with van der Waals surface area (Å²) in [5, 5.41) is 15.4. The van der Waals surface area contributed by atoms with E-state index in [1.165, 1.54) is 18.5 Å². The van der Waals surface area contributed by atoms with Gasteiger partial charge in [0.05, 0.1) is 42.0 Å². The Morgan fingerprint density at radius 3 is 2.86 bits per heavy atom. The molecular weight excluding hydrogens is 382 g/mol. The van der Waals surface area contributed by atoms with E-state index in [0.29, 0.717) is 11.1 Å². The first-order valence-corrected chi connectivity index (χ1v) is 8.59. The molecule has 10 heteroatoms. The first-order chi connectivity index (χ1) is 13.8. The molecule has 0 unspecified atom stereocenters. The molecule has 148 valence electrons. The first kappa shape index (κ1) is 20.0. The number of hydrogen-bond acceptors (Lipinski definition) is 5. The monoisotopic (exact) mass is 398 g/mol. The fraction of sp³-hybridized carbons (Fsp3) is 0.316. The second kappa shape index (κ2) is 8.07. The van der Waals surface area contributed by atoms with Gasteiger partial charge in [0.1, 0.15) is 6.04 Å². The average Bonchev–Trinajstić information content (AvgIpc) is 3.26. The fourth-order valence-electron chi connectivity index (χ4n) is 2.86. The van der Waals surface area contributed by atoms with Gasteiger partial charge in [0.15, 0.2) is 0 Å². The molecule has 1 atom stereocenters. The summed E-state index contributed by atoms with van der Waals surface area (Å²) in [5.41, 5.74) is 1.17. The van der Waals surface area contributed by atoms with Crippen LogP contribution in [-0.2, 0) is 11.8 Å². The van der Waals surface area contributed by atoms with Crippen molar-refractivity contribution in [2.45, 2.75) is 18.4 Å². The molecular formula is C19H16F2N6O2. The lowest BCUT2D eigenvalue weighted by Crippen LogP contribution is -2.43. The highest BCUT2D eigenvalue weighted by Gasteiger charge is 2.47. The van der Waals surface area contributed by atoms with Gasteiger partial charge in [-0.25, -0.2) is 8.78 Å². The molecule has 1 fully saturated rings. The smallest absolute Gasteiger partial charge is 0.268 e. The summed E-state index contributed by atoms with van der Waals surface area (Å²) in [6.45, 7) is -1.35. The Morgan fingerprint density at radius 2 is 2.17 bits per heavy atom. The van der Waals surface area contributed by atoms with E-state index in [9.17, 15) is 18.4 Å². The highest BCUT2D eigenvalue weighted by Crippen LogP contribution is 2.31. The number of hydrogen-bond donors (Lipinski definition) is 1.